The number of benzene rings is 2. The fourth-order valence-electron chi connectivity index (χ4n) is 4.59. The Morgan fingerprint density at radius 2 is 1.72 bits per heavy atom. The summed E-state index contributed by atoms with van der Waals surface area (Å²) in [5, 5.41) is 9.18. The molecule has 2 aromatic carbocycles. The predicted molar refractivity (Wildman–Crippen MR) is 124 cm³/mol. The van der Waals surface area contributed by atoms with Crippen molar-refractivity contribution in [2.75, 3.05) is 31.9 Å². The molecule has 8 heteroatoms. The van der Waals surface area contributed by atoms with E-state index in [1.54, 1.807) is 0 Å². The van der Waals surface area contributed by atoms with Gasteiger partial charge < -0.3 is 15.8 Å². The van der Waals surface area contributed by atoms with Crippen LogP contribution < -0.4 is 15.8 Å². The fourth-order valence-corrected chi connectivity index (χ4v) is 4.59. The monoisotopic (exact) mass is 427 g/mol. The number of anilines is 1. The minimum Gasteiger partial charge on any atom is -0.457 e. The van der Waals surface area contributed by atoms with Crippen molar-refractivity contribution in [2.45, 2.75) is 18.5 Å². The summed E-state index contributed by atoms with van der Waals surface area (Å²) in [6.07, 6.45) is 2.58. The van der Waals surface area contributed by atoms with Crippen LogP contribution in [0.4, 0.5) is 5.82 Å². The molecule has 0 aliphatic carbocycles. The zero-order valence-corrected chi connectivity index (χ0v) is 17.7. The van der Waals surface area contributed by atoms with E-state index in [-0.39, 0.29) is 6.04 Å². The molecular weight excluding hydrogens is 402 g/mol. The molecule has 0 bridgehead atoms. The van der Waals surface area contributed by atoms with Crippen molar-refractivity contribution in [3.63, 3.8) is 0 Å². The quantitative estimate of drug-likeness (QED) is 0.505. The molecule has 2 fully saturated rings. The van der Waals surface area contributed by atoms with Crippen LogP contribution in [0.2, 0.25) is 0 Å². The average Bonchev–Trinajstić information content (AvgIpc) is 3.40. The van der Waals surface area contributed by atoms with E-state index in [4.69, 9.17) is 15.6 Å². The standard InChI is InChI=1S/C24H25N7O/c25-23-21-22(16-6-8-20(9-7-16)32-19-4-2-1-3-5-19)29-31(24(21)28-15-27-23)17-10-11-30(14-17)18-12-26-13-18/h1-9,15,17-18,26H,10-14H2,(H2,25,27,28). The Morgan fingerprint density at radius 3 is 2.47 bits per heavy atom. The van der Waals surface area contributed by atoms with Gasteiger partial charge in [0.15, 0.2) is 5.65 Å². The SMILES string of the molecule is Nc1ncnc2c1c(-c1ccc(Oc3ccccc3)cc1)nn2C1CCN(C2CNC2)C1. The van der Waals surface area contributed by atoms with Crippen molar-refractivity contribution in [3.05, 3.63) is 60.9 Å². The Kier molecular flexibility index (Phi) is 4.74. The number of likely N-dealkylation sites (tertiary alicyclic amines) is 1. The third-order valence-corrected chi connectivity index (χ3v) is 6.44. The number of aromatic nitrogens is 4. The topological polar surface area (TPSA) is 94.1 Å². The van der Waals surface area contributed by atoms with E-state index in [0.717, 1.165) is 66.4 Å². The second kappa shape index (κ2) is 7.89. The molecule has 2 saturated heterocycles. The Hall–Kier alpha value is -3.49. The Labute approximate surface area is 186 Å². The molecule has 0 amide bonds. The molecule has 0 radical (unpaired) electrons. The second-order valence-corrected chi connectivity index (χ2v) is 8.44. The number of hydrogen-bond acceptors (Lipinski definition) is 7. The summed E-state index contributed by atoms with van der Waals surface area (Å²) >= 11 is 0. The van der Waals surface area contributed by atoms with E-state index in [0.29, 0.717) is 11.9 Å². The maximum absolute atomic E-state index is 6.30. The zero-order chi connectivity index (χ0) is 21.5. The van der Waals surface area contributed by atoms with Crippen LogP contribution in [0.1, 0.15) is 12.5 Å². The molecule has 0 spiro atoms. The summed E-state index contributed by atoms with van der Waals surface area (Å²) in [6, 6.07) is 18.6. The third-order valence-electron chi connectivity index (χ3n) is 6.44. The largest absolute Gasteiger partial charge is 0.457 e. The van der Waals surface area contributed by atoms with Crippen molar-refractivity contribution in [3.8, 4) is 22.8 Å². The van der Waals surface area contributed by atoms with Crippen LogP contribution in [-0.4, -0.2) is 56.9 Å². The van der Waals surface area contributed by atoms with Crippen molar-refractivity contribution in [2.24, 2.45) is 0 Å². The second-order valence-electron chi connectivity index (χ2n) is 8.44. The lowest BCUT2D eigenvalue weighted by atomic mass is 10.1. The van der Waals surface area contributed by atoms with Crippen LogP contribution in [0, 0.1) is 0 Å². The van der Waals surface area contributed by atoms with Gasteiger partial charge >= 0.3 is 0 Å². The summed E-state index contributed by atoms with van der Waals surface area (Å²) in [5.74, 6) is 2.03. The van der Waals surface area contributed by atoms with Gasteiger partial charge in [0.05, 0.1) is 11.4 Å². The Balaban J connectivity index is 1.33. The van der Waals surface area contributed by atoms with Gasteiger partial charge in [-0.1, -0.05) is 18.2 Å². The van der Waals surface area contributed by atoms with Crippen molar-refractivity contribution >= 4 is 16.9 Å². The number of nitrogen functional groups attached to an aromatic ring is 1. The van der Waals surface area contributed by atoms with Crippen LogP contribution in [0.3, 0.4) is 0 Å². The number of nitrogens with two attached hydrogens (primary N) is 1. The molecule has 4 aromatic rings. The highest BCUT2D eigenvalue weighted by Crippen LogP contribution is 2.35. The van der Waals surface area contributed by atoms with Gasteiger partial charge in [-0.05, 0) is 42.8 Å². The van der Waals surface area contributed by atoms with E-state index in [2.05, 4.69) is 24.9 Å². The van der Waals surface area contributed by atoms with Crippen molar-refractivity contribution < 1.29 is 4.74 Å². The summed E-state index contributed by atoms with van der Waals surface area (Å²) in [4.78, 5) is 11.4. The minimum atomic E-state index is 0.279. The van der Waals surface area contributed by atoms with Gasteiger partial charge in [0.2, 0.25) is 0 Å². The summed E-state index contributed by atoms with van der Waals surface area (Å²) in [6.45, 7) is 4.21. The number of nitrogens with zero attached hydrogens (tertiary/aromatic N) is 5. The van der Waals surface area contributed by atoms with Gasteiger partial charge in [-0.2, -0.15) is 5.10 Å². The first-order valence-corrected chi connectivity index (χ1v) is 11.0. The maximum Gasteiger partial charge on any atom is 0.164 e. The Bertz CT molecular complexity index is 1230. The maximum atomic E-state index is 6.30. The van der Waals surface area contributed by atoms with Crippen LogP contribution in [0.15, 0.2) is 60.9 Å². The molecule has 6 rings (SSSR count). The van der Waals surface area contributed by atoms with Crippen molar-refractivity contribution in [1.82, 2.24) is 30.0 Å². The first-order chi connectivity index (χ1) is 15.8. The highest BCUT2D eigenvalue weighted by molar-refractivity contribution is 5.98. The molecule has 1 unspecified atom stereocenters. The molecule has 2 aliphatic heterocycles. The molecule has 162 valence electrons. The van der Waals surface area contributed by atoms with E-state index in [1.807, 2.05) is 54.6 Å². The first kappa shape index (κ1) is 19.2. The molecule has 3 N–H and O–H groups in total. The molecule has 2 aliphatic rings. The molecule has 32 heavy (non-hydrogen) atoms. The first-order valence-electron chi connectivity index (χ1n) is 11.0. The smallest absolute Gasteiger partial charge is 0.164 e. The van der Waals surface area contributed by atoms with Gasteiger partial charge in [0.1, 0.15) is 29.3 Å². The van der Waals surface area contributed by atoms with Gasteiger partial charge in [0.25, 0.3) is 0 Å². The number of rotatable bonds is 5. The Morgan fingerprint density at radius 1 is 0.938 bits per heavy atom. The zero-order valence-electron chi connectivity index (χ0n) is 17.7. The summed E-state index contributed by atoms with van der Waals surface area (Å²) in [7, 11) is 0. The number of fused-ring (bicyclic) bond motifs is 1. The van der Waals surface area contributed by atoms with Gasteiger partial charge in [-0.15, -0.1) is 0 Å². The van der Waals surface area contributed by atoms with Gasteiger partial charge in [-0.3, -0.25) is 4.90 Å². The lowest BCUT2D eigenvalue weighted by molar-refractivity contribution is 0.173. The molecule has 0 saturated carbocycles. The minimum absolute atomic E-state index is 0.279. The molecule has 4 heterocycles. The predicted octanol–water partition coefficient (Wildman–Crippen LogP) is 3.09. The number of para-hydroxylation sites is 1. The number of nitrogens with one attached hydrogen (secondary N) is 1. The number of ether oxygens (including phenoxy) is 1. The van der Waals surface area contributed by atoms with E-state index in [9.17, 15) is 0 Å². The lowest BCUT2D eigenvalue weighted by Gasteiger charge is -2.35. The van der Waals surface area contributed by atoms with Crippen LogP contribution in [0.25, 0.3) is 22.3 Å². The molecule has 2 aromatic heterocycles. The van der Waals surface area contributed by atoms with E-state index in [1.165, 1.54) is 6.33 Å². The highest BCUT2D eigenvalue weighted by Gasteiger charge is 2.34. The molecule has 1 atom stereocenters. The average molecular weight is 428 g/mol. The highest BCUT2D eigenvalue weighted by atomic mass is 16.5. The fraction of sp³-hybridized carbons (Fsp3) is 0.292. The normalized spacial score (nSPS) is 19.3. The van der Waals surface area contributed by atoms with Crippen LogP contribution in [0.5, 0.6) is 11.5 Å². The van der Waals surface area contributed by atoms with Gasteiger partial charge in [0, 0.05) is 37.8 Å². The lowest BCUT2D eigenvalue weighted by Crippen LogP contribution is -2.56. The van der Waals surface area contributed by atoms with Crippen molar-refractivity contribution in [1.29, 1.82) is 0 Å². The van der Waals surface area contributed by atoms with Gasteiger partial charge in [-0.25, -0.2) is 14.6 Å². The molecular formula is C24H25N7O. The third kappa shape index (κ3) is 3.37. The number of hydrogen-bond donors (Lipinski definition) is 2. The van der Waals surface area contributed by atoms with Crippen LogP contribution in [-0.2, 0) is 0 Å². The van der Waals surface area contributed by atoms with E-state index >= 15 is 0 Å². The summed E-state index contributed by atoms with van der Waals surface area (Å²) in [5.41, 5.74) is 8.88. The summed E-state index contributed by atoms with van der Waals surface area (Å²) < 4.78 is 7.99. The molecule has 8 nitrogen and oxygen atoms in total. The van der Waals surface area contributed by atoms with Crippen LogP contribution >= 0.6 is 0 Å². The van der Waals surface area contributed by atoms with E-state index < -0.39 is 0 Å².